The highest BCUT2D eigenvalue weighted by atomic mass is 16.5. The molecule has 0 saturated heterocycles. The summed E-state index contributed by atoms with van der Waals surface area (Å²) in [6.45, 7) is 4.73. The molecule has 0 spiro atoms. The van der Waals surface area contributed by atoms with Gasteiger partial charge in [0.05, 0.1) is 12.7 Å². The second-order valence-corrected chi connectivity index (χ2v) is 2.74. The van der Waals surface area contributed by atoms with E-state index in [1.54, 1.807) is 0 Å². The summed E-state index contributed by atoms with van der Waals surface area (Å²) in [4.78, 5) is 21.7. The van der Waals surface area contributed by atoms with Crippen molar-refractivity contribution in [2.45, 2.75) is 6.92 Å². The van der Waals surface area contributed by atoms with Gasteiger partial charge in [0, 0.05) is 0 Å². The Kier molecular flexibility index (Phi) is 5.33. The summed E-state index contributed by atoms with van der Waals surface area (Å²) < 4.78 is 4.41. The summed E-state index contributed by atoms with van der Waals surface area (Å²) in [5.74, 6) is -1.85. The average molecular weight is 227 g/mol. The van der Waals surface area contributed by atoms with Gasteiger partial charge in [-0.2, -0.15) is 5.10 Å². The highest BCUT2D eigenvalue weighted by Crippen LogP contribution is 2.00. The molecular weight excluding hydrogens is 214 g/mol. The maximum atomic E-state index is 11.2. The van der Waals surface area contributed by atoms with Gasteiger partial charge in [-0.1, -0.05) is 6.58 Å². The molecule has 0 atom stereocenters. The Morgan fingerprint density at radius 3 is 2.50 bits per heavy atom. The minimum Gasteiger partial charge on any atom is -0.478 e. The van der Waals surface area contributed by atoms with Gasteiger partial charge in [0.2, 0.25) is 0 Å². The van der Waals surface area contributed by atoms with E-state index >= 15 is 0 Å². The van der Waals surface area contributed by atoms with Crippen molar-refractivity contribution in [2.24, 2.45) is 10.8 Å². The quantitative estimate of drug-likeness (QED) is 0.146. The summed E-state index contributed by atoms with van der Waals surface area (Å²) in [7, 11) is 1.15. The zero-order valence-corrected chi connectivity index (χ0v) is 8.98. The third kappa shape index (κ3) is 4.80. The minimum atomic E-state index is -1.25. The van der Waals surface area contributed by atoms with Gasteiger partial charge >= 0.3 is 11.9 Å². The van der Waals surface area contributed by atoms with Gasteiger partial charge in [-0.15, -0.1) is 0 Å². The number of nitrogens with zero attached hydrogens (tertiary/aromatic N) is 1. The molecule has 0 radical (unpaired) electrons. The molecule has 0 rings (SSSR count). The molecule has 7 heteroatoms. The Morgan fingerprint density at radius 1 is 1.56 bits per heavy atom. The van der Waals surface area contributed by atoms with Crippen LogP contribution in [0.3, 0.4) is 0 Å². The normalized spacial score (nSPS) is 11.9. The van der Waals surface area contributed by atoms with Crippen LogP contribution in [-0.2, 0) is 14.3 Å². The highest BCUT2D eigenvalue weighted by molar-refractivity contribution is 5.94. The van der Waals surface area contributed by atoms with Crippen LogP contribution >= 0.6 is 0 Å². The standard InChI is InChI=1S/C9H13N3O4/c1-5(8(13)14)4-7(9(15)16-3)12-11-6(2)10/h4,12H,1H2,2-3H3,(H2,10,11)(H,13,14)/b7-4-. The number of hydrazone groups is 1. The van der Waals surface area contributed by atoms with Crippen molar-refractivity contribution >= 4 is 17.8 Å². The fraction of sp³-hybridized carbons (Fsp3) is 0.222. The molecule has 0 aliphatic rings. The van der Waals surface area contributed by atoms with Crippen LogP contribution < -0.4 is 11.2 Å². The molecule has 0 aromatic rings. The van der Waals surface area contributed by atoms with Crippen LogP contribution in [0, 0.1) is 0 Å². The van der Waals surface area contributed by atoms with Crippen LogP contribution in [0.15, 0.2) is 29.0 Å². The van der Waals surface area contributed by atoms with Crippen molar-refractivity contribution in [1.29, 1.82) is 0 Å². The van der Waals surface area contributed by atoms with Crippen LogP contribution in [0.1, 0.15) is 6.92 Å². The number of ether oxygens (including phenoxy) is 1. The Morgan fingerprint density at radius 2 is 2.12 bits per heavy atom. The number of amidine groups is 1. The SMILES string of the molecule is C=C(/C=C(\N/N=C(\C)N)C(=O)OC)C(=O)O. The molecule has 0 unspecified atom stereocenters. The van der Waals surface area contributed by atoms with E-state index in [2.05, 4.69) is 21.8 Å². The topological polar surface area (TPSA) is 114 Å². The largest absolute Gasteiger partial charge is 0.478 e. The van der Waals surface area contributed by atoms with Crippen molar-refractivity contribution in [3.63, 3.8) is 0 Å². The van der Waals surface area contributed by atoms with Crippen LogP contribution in [0.25, 0.3) is 0 Å². The number of carbonyl (C=O) groups is 2. The first-order valence-electron chi connectivity index (χ1n) is 4.16. The van der Waals surface area contributed by atoms with Crippen LogP contribution in [0.5, 0.6) is 0 Å². The predicted molar refractivity (Wildman–Crippen MR) is 57.3 cm³/mol. The lowest BCUT2D eigenvalue weighted by atomic mass is 10.2. The maximum Gasteiger partial charge on any atom is 0.356 e. The Hall–Kier alpha value is -2.31. The number of aliphatic carboxylic acids is 1. The molecule has 0 aromatic heterocycles. The van der Waals surface area contributed by atoms with E-state index in [0.717, 1.165) is 13.2 Å². The summed E-state index contributed by atoms with van der Waals surface area (Å²) in [6, 6.07) is 0. The van der Waals surface area contributed by atoms with Gasteiger partial charge < -0.3 is 15.6 Å². The first-order chi connectivity index (χ1) is 7.38. The van der Waals surface area contributed by atoms with Crippen LogP contribution in [-0.4, -0.2) is 30.0 Å². The lowest BCUT2D eigenvalue weighted by molar-refractivity contribution is -0.136. The first-order valence-corrected chi connectivity index (χ1v) is 4.16. The molecule has 7 nitrogen and oxygen atoms in total. The van der Waals surface area contributed by atoms with Crippen molar-refractivity contribution in [3.8, 4) is 0 Å². The smallest absolute Gasteiger partial charge is 0.356 e. The number of hydrogen-bond donors (Lipinski definition) is 3. The van der Waals surface area contributed by atoms with Crippen molar-refractivity contribution < 1.29 is 19.4 Å². The van der Waals surface area contributed by atoms with Gasteiger partial charge in [0.25, 0.3) is 0 Å². The number of esters is 1. The number of nitrogens with one attached hydrogen (secondary N) is 1. The molecule has 88 valence electrons. The van der Waals surface area contributed by atoms with Crippen molar-refractivity contribution in [1.82, 2.24) is 5.43 Å². The first kappa shape index (κ1) is 13.7. The molecule has 0 amide bonds. The van der Waals surface area contributed by atoms with E-state index in [9.17, 15) is 9.59 Å². The number of carboxylic acids is 1. The fourth-order valence-corrected chi connectivity index (χ4v) is 0.631. The highest BCUT2D eigenvalue weighted by Gasteiger charge is 2.11. The summed E-state index contributed by atoms with van der Waals surface area (Å²) in [5, 5.41) is 12.1. The minimum absolute atomic E-state index is 0.167. The Bertz CT molecular complexity index is 367. The number of nitrogens with two attached hydrogens (primary N) is 1. The third-order valence-corrected chi connectivity index (χ3v) is 1.35. The Balaban J connectivity index is 4.94. The number of rotatable bonds is 5. The lowest BCUT2D eigenvalue weighted by Gasteiger charge is -2.04. The van der Waals surface area contributed by atoms with E-state index < -0.39 is 11.9 Å². The molecule has 16 heavy (non-hydrogen) atoms. The van der Waals surface area contributed by atoms with Crippen LogP contribution in [0.4, 0.5) is 0 Å². The van der Waals surface area contributed by atoms with Gasteiger partial charge in [-0.25, -0.2) is 9.59 Å². The molecule has 0 aromatic carbocycles. The number of carboxylic acid groups (broad SMARTS) is 1. The molecule has 0 aliphatic carbocycles. The monoisotopic (exact) mass is 227 g/mol. The molecule has 0 fully saturated rings. The average Bonchev–Trinajstić information content (AvgIpc) is 2.22. The van der Waals surface area contributed by atoms with Gasteiger partial charge in [-0.05, 0) is 13.0 Å². The zero-order valence-electron chi connectivity index (χ0n) is 8.98. The number of hydrogen-bond acceptors (Lipinski definition) is 5. The van der Waals surface area contributed by atoms with E-state index in [1.807, 2.05) is 0 Å². The predicted octanol–water partition coefficient (Wildman–Crippen LogP) is -0.434. The van der Waals surface area contributed by atoms with E-state index in [1.165, 1.54) is 6.92 Å². The summed E-state index contributed by atoms with van der Waals surface area (Å²) in [6.07, 6.45) is 1.00. The molecule has 0 heterocycles. The zero-order chi connectivity index (χ0) is 12.7. The number of methoxy groups -OCH3 is 1. The second-order valence-electron chi connectivity index (χ2n) is 2.74. The molecule has 0 saturated carbocycles. The second kappa shape index (κ2) is 6.23. The lowest BCUT2D eigenvalue weighted by Crippen LogP contribution is -2.21. The molecule has 0 aliphatic heterocycles. The molecule has 0 bridgehead atoms. The Labute approximate surface area is 92.3 Å². The van der Waals surface area contributed by atoms with Crippen LogP contribution in [0.2, 0.25) is 0 Å². The molecule has 4 N–H and O–H groups in total. The fourth-order valence-electron chi connectivity index (χ4n) is 0.631. The summed E-state index contributed by atoms with van der Waals surface area (Å²) in [5.41, 5.74) is 7.08. The number of carbonyl (C=O) groups excluding carboxylic acids is 1. The van der Waals surface area contributed by atoms with Gasteiger partial charge in [0.1, 0.15) is 11.5 Å². The summed E-state index contributed by atoms with van der Waals surface area (Å²) >= 11 is 0. The maximum absolute atomic E-state index is 11.2. The van der Waals surface area contributed by atoms with Crippen molar-refractivity contribution in [3.05, 3.63) is 23.9 Å². The van der Waals surface area contributed by atoms with E-state index in [-0.39, 0.29) is 17.1 Å². The van der Waals surface area contributed by atoms with Gasteiger partial charge in [0.15, 0.2) is 0 Å². The van der Waals surface area contributed by atoms with E-state index in [0.29, 0.717) is 0 Å². The molecular formula is C9H13N3O4. The third-order valence-electron chi connectivity index (χ3n) is 1.35. The van der Waals surface area contributed by atoms with Crippen molar-refractivity contribution in [2.75, 3.05) is 7.11 Å². The van der Waals surface area contributed by atoms with E-state index in [4.69, 9.17) is 10.8 Å². The van der Waals surface area contributed by atoms with Gasteiger partial charge in [-0.3, -0.25) is 5.43 Å².